The van der Waals surface area contributed by atoms with Gasteiger partial charge in [-0.05, 0) is 0 Å². The highest BCUT2D eigenvalue weighted by molar-refractivity contribution is 5.83. The minimum Gasteiger partial charge on any atom is -0.474 e. The van der Waals surface area contributed by atoms with Crippen molar-refractivity contribution in [3.8, 4) is 11.9 Å². The molecular formula is C14H20N4O4. The zero-order valence-electron chi connectivity index (χ0n) is 12.7. The van der Waals surface area contributed by atoms with Gasteiger partial charge in [-0.2, -0.15) is 4.98 Å². The van der Waals surface area contributed by atoms with Crippen molar-refractivity contribution in [1.82, 2.24) is 20.2 Å². The van der Waals surface area contributed by atoms with Gasteiger partial charge in [-0.1, -0.05) is 0 Å². The quantitative estimate of drug-likeness (QED) is 0.822. The van der Waals surface area contributed by atoms with E-state index in [9.17, 15) is 9.59 Å². The molecule has 0 atom stereocenters. The first kappa shape index (κ1) is 16.0. The summed E-state index contributed by atoms with van der Waals surface area (Å²) in [6.45, 7) is 2.64. The van der Waals surface area contributed by atoms with E-state index in [1.165, 1.54) is 14.0 Å². The van der Waals surface area contributed by atoms with Gasteiger partial charge >= 0.3 is 6.01 Å². The van der Waals surface area contributed by atoms with Crippen LogP contribution in [0, 0.1) is 0 Å². The fourth-order valence-electron chi connectivity index (χ4n) is 2.19. The molecule has 1 aliphatic heterocycles. The molecule has 1 aromatic rings. The Morgan fingerprint density at radius 3 is 2.77 bits per heavy atom. The minimum atomic E-state index is -0.204. The number of hydrogen-bond acceptors (Lipinski definition) is 6. The molecule has 1 saturated heterocycles. The topological polar surface area (TPSA) is 93.7 Å². The first-order chi connectivity index (χ1) is 10.6. The van der Waals surface area contributed by atoms with Crippen LogP contribution in [0.2, 0.25) is 0 Å². The molecule has 2 rings (SSSR count). The van der Waals surface area contributed by atoms with Crippen LogP contribution in [0.4, 0.5) is 0 Å². The predicted octanol–water partition coefficient (Wildman–Crippen LogP) is -0.00890. The lowest BCUT2D eigenvalue weighted by Gasteiger charge is -2.32. The SMILES string of the molecule is COc1nccc(OC2CCN(C(=O)CNC(C)=O)CC2)n1. The zero-order valence-corrected chi connectivity index (χ0v) is 12.7. The van der Waals surface area contributed by atoms with Gasteiger partial charge in [0, 0.05) is 45.1 Å². The number of rotatable bonds is 5. The third-order valence-corrected chi connectivity index (χ3v) is 3.36. The number of carbonyl (C=O) groups is 2. The Hall–Kier alpha value is -2.38. The third-order valence-electron chi connectivity index (χ3n) is 3.36. The van der Waals surface area contributed by atoms with E-state index in [1.807, 2.05) is 0 Å². The number of piperidine rings is 1. The maximum absolute atomic E-state index is 11.9. The van der Waals surface area contributed by atoms with E-state index < -0.39 is 0 Å². The highest BCUT2D eigenvalue weighted by Gasteiger charge is 2.24. The maximum atomic E-state index is 11.9. The van der Waals surface area contributed by atoms with Gasteiger partial charge in [0.15, 0.2) is 0 Å². The molecule has 8 heteroatoms. The van der Waals surface area contributed by atoms with Gasteiger partial charge in [0.1, 0.15) is 6.10 Å². The second-order valence-electron chi connectivity index (χ2n) is 4.99. The average molecular weight is 308 g/mol. The van der Waals surface area contributed by atoms with Gasteiger partial charge in [-0.15, -0.1) is 0 Å². The highest BCUT2D eigenvalue weighted by atomic mass is 16.5. The molecule has 22 heavy (non-hydrogen) atoms. The standard InChI is InChI=1S/C14H20N4O4/c1-10(19)16-9-13(20)18-7-4-11(5-8-18)22-12-3-6-15-14(17-12)21-2/h3,6,11H,4-5,7-9H2,1-2H3,(H,16,19). The Labute approximate surface area is 128 Å². The van der Waals surface area contributed by atoms with Crippen molar-refractivity contribution in [2.45, 2.75) is 25.9 Å². The first-order valence-corrected chi connectivity index (χ1v) is 7.14. The molecule has 2 amide bonds. The summed E-state index contributed by atoms with van der Waals surface area (Å²) in [5.74, 6) is 0.191. The Balaban J connectivity index is 1.79. The van der Waals surface area contributed by atoms with E-state index in [0.29, 0.717) is 19.0 Å². The summed E-state index contributed by atoms with van der Waals surface area (Å²) in [7, 11) is 1.50. The lowest BCUT2D eigenvalue weighted by atomic mass is 10.1. The summed E-state index contributed by atoms with van der Waals surface area (Å²) in [5, 5.41) is 2.51. The van der Waals surface area contributed by atoms with E-state index in [4.69, 9.17) is 9.47 Å². The van der Waals surface area contributed by atoms with E-state index in [-0.39, 0.29) is 30.5 Å². The van der Waals surface area contributed by atoms with Crippen LogP contribution < -0.4 is 14.8 Å². The number of ether oxygens (including phenoxy) is 2. The molecule has 0 aromatic carbocycles. The van der Waals surface area contributed by atoms with Crippen LogP contribution in [0.1, 0.15) is 19.8 Å². The van der Waals surface area contributed by atoms with Gasteiger partial charge in [0.25, 0.3) is 0 Å². The molecule has 120 valence electrons. The monoisotopic (exact) mass is 308 g/mol. The first-order valence-electron chi connectivity index (χ1n) is 7.14. The fourth-order valence-corrected chi connectivity index (χ4v) is 2.19. The van der Waals surface area contributed by atoms with Crippen molar-refractivity contribution < 1.29 is 19.1 Å². The molecule has 0 aliphatic carbocycles. The number of hydrogen-bond donors (Lipinski definition) is 1. The van der Waals surface area contributed by atoms with Gasteiger partial charge in [-0.3, -0.25) is 9.59 Å². The van der Waals surface area contributed by atoms with E-state index in [2.05, 4.69) is 15.3 Å². The highest BCUT2D eigenvalue weighted by Crippen LogP contribution is 2.18. The van der Waals surface area contributed by atoms with Gasteiger partial charge in [0.05, 0.1) is 13.7 Å². The average Bonchev–Trinajstić information content (AvgIpc) is 2.53. The molecule has 0 radical (unpaired) electrons. The number of carbonyl (C=O) groups excluding carboxylic acids is 2. The lowest BCUT2D eigenvalue weighted by Crippen LogP contribution is -2.45. The van der Waals surface area contributed by atoms with Crippen LogP contribution in [0.25, 0.3) is 0 Å². The van der Waals surface area contributed by atoms with Crippen molar-refractivity contribution in [3.05, 3.63) is 12.3 Å². The fraction of sp³-hybridized carbons (Fsp3) is 0.571. The maximum Gasteiger partial charge on any atom is 0.319 e. The summed E-state index contributed by atoms with van der Waals surface area (Å²) in [5.41, 5.74) is 0. The van der Waals surface area contributed by atoms with Crippen molar-refractivity contribution in [1.29, 1.82) is 0 Å². The summed E-state index contributed by atoms with van der Waals surface area (Å²) in [6.07, 6.45) is 3.02. The predicted molar refractivity (Wildman–Crippen MR) is 77.5 cm³/mol. The van der Waals surface area contributed by atoms with Crippen LogP contribution in [0.3, 0.4) is 0 Å². The van der Waals surface area contributed by atoms with E-state index in [0.717, 1.165) is 12.8 Å². The molecule has 8 nitrogen and oxygen atoms in total. The van der Waals surface area contributed by atoms with E-state index in [1.54, 1.807) is 17.2 Å². The van der Waals surface area contributed by atoms with Gasteiger partial charge in [-0.25, -0.2) is 4.98 Å². The Morgan fingerprint density at radius 2 is 2.14 bits per heavy atom. The Bertz CT molecular complexity index is 529. The Kier molecular flexibility index (Phi) is 5.51. The smallest absolute Gasteiger partial charge is 0.319 e. The molecule has 1 N–H and O–H groups in total. The van der Waals surface area contributed by atoms with Crippen LogP contribution in [0.5, 0.6) is 11.9 Å². The van der Waals surface area contributed by atoms with Gasteiger partial charge < -0.3 is 19.7 Å². The van der Waals surface area contributed by atoms with Crippen molar-refractivity contribution in [2.75, 3.05) is 26.7 Å². The summed E-state index contributed by atoms with van der Waals surface area (Å²) >= 11 is 0. The number of likely N-dealkylation sites (tertiary alicyclic amines) is 1. The zero-order chi connectivity index (χ0) is 15.9. The molecule has 0 unspecified atom stereocenters. The number of nitrogens with one attached hydrogen (secondary N) is 1. The van der Waals surface area contributed by atoms with Crippen molar-refractivity contribution in [3.63, 3.8) is 0 Å². The Morgan fingerprint density at radius 1 is 1.41 bits per heavy atom. The lowest BCUT2D eigenvalue weighted by molar-refractivity contribution is -0.134. The minimum absolute atomic E-state index is 0.00409. The number of methoxy groups -OCH3 is 1. The number of nitrogens with zero attached hydrogens (tertiary/aromatic N) is 3. The molecule has 0 saturated carbocycles. The van der Waals surface area contributed by atoms with Crippen LogP contribution in [-0.4, -0.2) is 59.5 Å². The van der Waals surface area contributed by atoms with Gasteiger partial charge in [0.2, 0.25) is 17.7 Å². The molecule has 1 aliphatic rings. The van der Waals surface area contributed by atoms with Crippen molar-refractivity contribution in [2.24, 2.45) is 0 Å². The van der Waals surface area contributed by atoms with Crippen LogP contribution in [0.15, 0.2) is 12.3 Å². The summed E-state index contributed by atoms with van der Waals surface area (Å²) in [4.78, 5) is 32.5. The normalized spacial score (nSPS) is 15.3. The summed E-state index contributed by atoms with van der Waals surface area (Å²) in [6, 6.07) is 1.94. The van der Waals surface area contributed by atoms with Crippen LogP contribution in [-0.2, 0) is 9.59 Å². The molecular weight excluding hydrogens is 288 g/mol. The summed E-state index contributed by atoms with van der Waals surface area (Å²) < 4.78 is 10.7. The second kappa shape index (κ2) is 7.58. The molecule has 1 fully saturated rings. The second-order valence-corrected chi connectivity index (χ2v) is 4.99. The van der Waals surface area contributed by atoms with E-state index >= 15 is 0 Å². The number of aromatic nitrogens is 2. The number of amides is 2. The molecule has 0 spiro atoms. The van der Waals surface area contributed by atoms with Crippen LogP contribution >= 0.6 is 0 Å². The molecule has 1 aromatic heterocycles. The molecule has 2 heterocycles. The van der Waals surface area contributed by atoms with Crippen molar-refractivity contribution >= 4 is 11.8 Å². The largest absolute Gasteiger partial charge is 0.474 e. The third kappa shape index (κ3) is 4.57. The molecule has 0 bridgehead atoms.